The Labute approximate surface area is 109 Å². The largest absolute Gasteiger partial charge is 0.300 e. The van der Waals surface area contributed by atoms with Gasteiger partial charge in [-0.05, 0) is 38.8 Å². The van der Waals surface area contributed by atoms with Crippen LogP contribution in [0.3, 0.4) is 0 Å². The summed E-state index contributed by atoms with van der Waals surface area (Å²) in [5.41, 5.74) is 0. The van der Waals surface area contributed by atoms with Gasteiger partial charge in [0.05, 0.1) is 0 Å². The van der Waals surface area contributed by atoms with Crippen LogP contribution in [-0.2, 0) is 0 Å². The van der Waals surface area contributed by atoms with Crippen LogP contribution in [-0.4, -0.2) is 24.0 Å². The van der Waals surface area contributed by atoms with E-state index in [-0.39, 0.29) is 0 Å². The predicted octanol–water partition coefficient (Wildman–Crippen LogP) is 5.00. The van der Waals surface area contributed by atoms with E-state index < -0.39 is 0 Å². The third-order valence-electron chi connectivity index (χ3n) is 4.19. The minimum absolute atomic E-state index is 0.978. The van der Waals surface area contributed by atoms with Gasteiger partial charge in [0.25, 0.3) is 0 Å². The zero-order valence-corrected chi connectivity index (χ0v) is 12.2. The first kappa shape index (κ1) is 15.0. The van der Waals surface area contributed by atoms with Gasteiger partial charge in [0.2, 0.25) is 0 Å². The maximum absolute atomic E-state index is 2.72. The second kappa shape index (κ2) is 9.94. The summed E-state index contributed by atoms with van der Waals surface area (Å²) in [6.45, 7) is 7.25. The summed E-state index contributed by atoms with van der Waals surface area (Å²) in [5.74, 6) is 0. The van der Waals surface area contributed by atoms with Crippen LogP contribution in [0.25, 0.3) is 0 Å². The summed E-state index contributed by atoms with van der Waals surface area (Å²) in [5, 5.41) is 0. The highest BCUT2D eigenvalue weighted by atomic mass is 15.2. The summed E-state index contributed by atoms with van der Waals surface area (Å²) in [4.78, 5) is 2.72. The van der Waals surface area contributed by atoms with Crippen molar-refractivity contribution in [2.75, 3.05) is 13.1 Å². The van der Waals surface area contributed by atoms with E-state index in [1.165, 1.54) is 83.7 Å². The fourth-order valence-corrected chi connectivity index (χ4v) is 3.05. The first-order valence-electron chi connectivity index (χ1n) is 8.12. The molecule has 0 unspecified atom stereocenters. The molecule has 0 aromatic carbocycles. The van der Waals surface area contributed by atoms with Crippen LogP contribution in [0.4, 0.5) is 0 Å². The molecule has 1 nitrogen and oxygen atoms in total. The van der Waals surface area contributed by atoms with Crippen molar-refractivity contribution in [3.05, 3.63) is 0 Å². The second-order valence-electron chi connectivity index (χ2n) is 5.74. The molecule has 0 bridgehead atoms. The summed E-state index contributed by atoms with van der Waals surface area (Å²) < 4.78 is 0. The Balaban J connectivity index is 0.000000209. The van der Waals surface area contributed by atoms with Crippen molar-refractivity contribution in [3.8, 4) is 0 Å². The second-order valence-corrected chi connectivity index (χ2v) is 5.74. The molecule has 2 fully saturated rings. The van der Waals surface area contributed by atoms with Crippen molar-refractivity contribution in [3.63, 3.8) is 0 Å². The Morgan fingerprint density at radius 2 is 1.29 bits per heavy atom. The fourth-order valence-electron chi connectivity index (χ4n) is 3.05. The SMILES string of the molecule is C1CCC(N2CCCC2)CC1.CCCCCC. The van der Waals surface area contributed by atoms with Gasteiger partial charge < -0.3 is 4.90 Å². The molecular weight excluding hydrogens is 206 g/mol. The summed E-state index contributed by atoms with van der Waals surface area (Å²) >= 11 is 0. The molecule has 1 heteroatoms. The lowest BCUT2D eigenvalue weighted by molar-refractivity contribution is 0.191. The molecule has 1 saturated carbocycles. The van der Waals surface area contributed by atoms with Crippen molar-refractivity contribution in [2.45, 2.75) is 90.5 Å². The van der Waals surface area contributed by atoms with Crippen LogP contribution < -0.4 is 0 Å². The first-order chi connectivity index (χ1) is 8.38. The molecule has 0 aromatic rings. The Bertz CT molecular complexity index is 151. The van der Waals surface area contributed by atoms with Gasteiger partial charge in [0.15, 0.2) is 0 Å². The Kier molecular flexibility index (Phi) is 8.78. The van der Waals surface area contributed by atoms with Crippen LogP contribution >= 0.6 is 0 Å². The lowest BCUT2D eigenvalue weighted by Crippen LogP contribution is -2.34. The smallest absolute Gasteiger partial charge is 0.00952 e. The van der Waals surface area contributed by atoms with Crippen molar-refractivity contribution >= 4 is 0 Å². The molecule has 1 heterocycles. The van der Waals surface area contributed by atoms with Gasteiger partial charge in [0, 0.05) is 6.04 Å². The average Bonchev–Trinajstić information content (AvgIpc) is 2.92. The zero-order chi connectivity index (χ0) is 12.3. The number of nitrogens with zero attached hydrogens (tertiary/aromatic N) is 1. The Morgan fingerprint density at radius 1 is 0.765 bits per heavy atom. The molecule has 2 rings (SSSR count). The molecule has 1 aliphatic carbocycles. The van der Waals surface area contributed by atoms with Gasteiger partial charge >= 0.3 is 0 Å². The van der Waals surface area contributed by atoms with Gasteiger partial charge in [0.1, 0.15) is 0 Å². The highest BCUT2D eigenvalue weighted by molar-refractivity contribution is 4.78. The van der Waals surface area contributed by atoms with Gasteiger partial charge in [-0.2, -0.15) is 0 Å². The molecule has 0 amide bonds. The lowest BCUT2D eigenvalue weighted by Gasteiger charge is -2.30. The summed E-state index contributed by atoms with van der Waals surface area (Å²) in [6.07, 6.45) is 15.9. The lowest BCUT2D eigenvalue weighted by atomic mass is 9.94. The molecule has 0 spiro atoms. The molecule has 0 N–H and O–H groups in total. The van der Waals surface area contributed by atoms with Crippen LogP contribution in [0.5, 0.6) is 0 Å². The van der Waals surface area contributed by atoms with E-state index in [1.807, 2.05) is 0 Å². The van der Waals surface area contributed by atoms with E-state index in [9.17, 15) is 0 Å². The summed E-state index contributed by atoms with van der Waals surface area (Å²) in [6, 6.07) is 0.978. The molecule has 2 aliphatic rings. The van der Waals surface area contributed by atoms with E-state index in [4.69, 9.17) is 0 Å². The minimum Gasteiger partial charge on any atom is -0.300 e. The number of unbranched alkanes of at least 4 members (excludes halogenated alkanes) is 3. The molecule has 102 valence electrons. The topological polar surface area (TPSA) is 3.24 Å². The predicted molar refractivity (Wildman–Crippen MR) is 77.5 cm³/mol. The van der Waals surface area contributed by atoms with Crippen LogP contribution in [0.2, 0.25) is 0 Å². The number of hydrogen-bond acceptors (Lipinski definition) is 1. The molecule has 1 saturated heterocycles. The maximum Gasteiger partial charge on any atom is 0.00952 e. The van der Waals surface area contributed by atoms with Gasteiger partial charge in [-0.15, -0.1) is 0 Å². The van der Waals surface area contributed by atoms with Gasteiger partial charge in [-0.1, -0.05) is 58.8 Å². The number of hydrogen-bond donors (Lipinski definition) is 0. The van der Waals surface area contributed by atoms with E-state index in [0.29, 0.717) is 0 Å². The van der Waals surface area contributed by atoms with Crippen molar-refractivity contribution in [1.82, 2.24) is 4.90 Å². The van der Waals surface area contributed by atoms with Crippen molar-refractivity contribution in [1.29, 1.82) is 0 Å². The van der Waals surface area contributed by atoms with E-state index >= 15 is 0 Å². The highest BCUT2D eigenvalue weighted by Gasteiger charge is 2.22. The maximum atomic E-state index is 2.72. The van der Waals surface area contributed by atoms with Crippen molar-refractivity contribution in [2.24, 2.45) is 0 Å². The average molecular weight is 239 g/mol. The van der Waals surface area contributed by atoms with Crippen LogP contribution in [0.15, 0.2) is 0 Å². The van der Waals surface area contributed by atoms with E-state index in [1.54, 1.807) is 0 Å². The molecule has 0 aromatic heterocycles. The van der Waals surface area contributed by atoms with E-state index in [2.05, 4.69) is 18.7 Å². The molecule has 0 atom stereocenters. The number of rotatable bonds is 4. The normalized spacial score (nSPS) is 22.2. The molecular formula is C16H33N. The fraction of sp³-hybridized carbons (Fsp3) is 1.00. The minimum atomic E-state index is 0.978. The summed E-state index contributed by atoms with van der Waals surface area (Å²) in [7, 11) is 0. The quantitative estimate of drug-likeness (QED) is 0.624. The standard InChI is InChI=1S/C10H19N.C6H14/c1-2-6-10(7-3-1)11-8-4-5-9-11;1-3-5-6-4-2/h10H,1-9H2;3-6H2,1-2H3. The number of likely N-dealkylation sites (tertiary alicyclic amines) is 1. The van der Waals surface area contributed by atoms with Crippen molar-refractivity contribution < 1.29 is 0 Å². The third-order valence-corrected chi connectivity index (χ3v) is 4.19. The Morgan fingerprint density at radius 3 is 1.76 bits per heavy atom. The third kappa shape index (κ3) is 6.45. The van der Waals surface area contributed by atoms with Crippen LogP contribution in [0, 0.1) is 0 Å². The van der Waals surface area contributed by atoms with Gasteiger partial charge in [-0.25, -0.2) is 0 Å². The molecule has 0 radical (unpaired) electrons. The highest BCUT2D eigenvalue weighted by Crippen LogP contribution is 2.25. The Hall–Kier alpha value is -0.0400. The monoisotopic (exact) mass is 239 g/mol. The van der Waals surface area contributed by atoms with Crippen LogP contribution in [0.1, 0.15) is 84.5 Å². The molecule has 1 aliphatic heterocycles. The first-order valence-corrected chi connectivity index (χ1v) is 8.12. The zero-order valence-electron chi connectivity index (χ0n) is 12.2. The molecule has 17 heavy (non-hydrogen) atoms. The van der Waals surface area contributed by atoms with Gasteiger partial charge in [-0.3, -0.25) is 0 Å². The van der Waals surface area contributed by atoms with E-state index in [0.717, 1.165) is 6.04 Å².